The molecule has 0 saturated carbocycles. The van der Waals surface area contributed by atoms with Crippen molar-refractivity contribution in [1.82, 2.24) is 20.4 Å². The molecule has 2 rings (SSSR count). The van der Waals surface area contributed by atoms with Crippen LogP contribution < -0.4 is 10.6 Å². The van der Waals surface area contributed by atoms with E-state index < -0.39 is 0 Å². The highest BCUT2D eigenvalue weighted by Crippen LogP contribution is 2.18. The largest absolute Gasteiger partial charge is 0.348 e. The van der Waals surface area contributed by atoms with E-state index in [0.717, 1.165) is 31.6 Å². The summed E-state index contributed by atoms with van der Waals surface area (Å²) in [7, 11) is 0. The summed E-state index contributed by atoms with van der Waals surface area (Å²) < 4.78 is 1.90. The monoisotopic (exact) mass is 264 g/mol. The minimum Gasteiger partial charge on any atom is -0.348 e. The molecule has 2 heterocycles. The summed E-state index contributed by atoms with van der Waals surface area (Å²) in [4.78, 5) is 12.3. The Morgan fingerprint density at radius 1 is 1.53 bits per heavy atom. The smallest absolute Gasteiger partial charge is 0.255 e. The maximum Gasteiger partial charge on any atom is 0.255 e. The Morgan fingerprint density at radius 2 is 2.26 bits per heavy atom. The molecule has 0 aliphatic carbocycles. The van der Waals surface area contributed by atoms with Crippen LogP contribution in [-0.2, 0) is 5.54 Å². The van der Waals surface area contributed by atoms with E-state index in [1.165, 1.54) is 0 Å². The van der Waals surface area contributed by atoms with Crippen molar-refractivity contribution in [3.63, 3.8) is 0 Å². The van der Waals surface area contributed by atoms with Gasteiger partial charge in [-0.2, -0.15) is 5.10 Å². The Kier molecular flexibility index (Phi) is 3.94. The Balaban J connectivity index is 2.09. The highest BCUT2D eigenvalue weighted by atomic mass is 16.1. The number of nitrogens with zero attached hydrogens (tertiary/aromatic N) is 2. The first-order chi connectivity index (χ1) is 8.89. The van der Waals surface area contributed by atoms with E-state index in [1.54, 1.807) is 6.20 Å². The first-order valence-corrected chi connectivity index (χ1v) is 6.96. The number of rotatable bonds is 2. The molecule has 19 heavy (non-hydrogen) atoms. The first kappa shape index (κ1) is 14.1. The summed E-state index contributed by atoms with van der Waals surface area (Å²) in [6.45, 7) is 10.1. The zero-order valence-corrected chi connectivity index (χ0v) is 12.3. The van der Waals surface area contributed by atoms with Crippen molar-refractivity contribution in [3.05, 3.63) is 17.5 Å². The van der Waals surface area contributed by atoms with Crippen LogP contribution in [0.1, 0.15) is 49.7 Å². The Bertz CT molecular complexity index is 453. The molecular weight excluding hydrogens is 240 g/mol. The van der Waals surface area contributed by atoms with Crippen LogP contribution in [-0.4, -0.2) is 34.8 Å². The second-order valence-electron chi connectivity index (χ2n) is 6.24. The minimum absolute atomic E-state index is 0.0123. The van der Waals surface area contributed by atoms with Gasteiger partial charge in [0.15, 0.2) is 0 Å². The Hall–Kier alpha value is -1.36. The topological polar surface area (TPSA) is 59.0 Å². The maximum absolute atomic E-state index is 12.3. The molecule has 1 aromatic heterocycles. The fourth-order valence-corrected chi connectivity index (χ4v) is 2.55. The van der Waals surface area contributed by atoms with Crippen LogP contribution in [0, 0.1) is 6.92 Å². The van der Waals surface area contributed by atoms with Crippen molar-refractivity contribution in [2.75, 3.05) is 13.1 Å². The summed E-state index contributed by atoms with van der Waals surface area (Å²) in [5.74, 6) is -0.0123. The lowest BCUT2D eigenvalue weighted by atomic mass is 10.1. The molecule has 0 spiro atoms. The molecule has 106 valence electrons. The number of amides is 1. The normalized spacial score (nSPS) is 20.3. The van der Waals surface area contributed by atoms with E-state index in [4.69, 9.17) is 0 Å². The maximum atomic E-state index is 12.3. The van der Waals surface area contributed by atoms with Crippen molar-refractivity contribution in [3.8, 4) is 0 Å². The predicted octanol–water partition coefficient (Wildman–Crippen LogP) is 1.43. The van der Waals surface area contributed by atoms with Gasteiger partial charge in [0.05, 0.1) is 17.3 Å². The third-order valence-corrected chi connectivity index (χ3v) is 3.52. The molecule has 1 aliphatic rings. The van der Waals surface area contributed by atoms with Gasteiger partial charge in [-0.25, -0.2) is 0 Å². The second-order valence-corrected chi connectivity index (χ2v) is 6.24. The van der Waals surface area contributed by atoms with E-state index in [2.05, 4.69) is 36.5 Å². The molecule has 5 nitrogen and oxygen atoms in total. The molecule has 0 unspecified atom stereocenters. The lowest BCUT2D eigenvalue weighted by Gasteiger charge is -2.24. The highest BCUT2D eigenvalue weighted by molar-refractivity contribution is 5.95. The average molecular weight is 264 g/mol. The summed E-state index contributed by atoms with van der Waals surface area (Å²) in [6.07, 6.45) is 3.84. The molecule has 1 amide bonds. The van der Waals surface area contributed by atoms with Gasteiger partial charge < -0.3 is 10.6 Å². The van der Waals surface area contributed by atoms with Crippen molar-refractivity contribution in [2.24, 2.45) is 0 Å². The molecule has 1 atom stereocenters. The summed E-state index contributed by atoms with van der Waals surface area (Å²) in [5, 5.41) is 10.7. The van der Waals surface area contributed by atoms with Crippen LogP contribution in [0.15, 0.2) is 6.20 Å². The van der Waals surface area contributed by atoms with Crippen LogP contribution in [0.5, 0.6) is 0 Å². The molecule has 2 N–H and O–H groups in total. The van der Waals surface area contributed by atoms with Crippen molar-refractivity contribution >= 4 is 5.91 Å². The van der Waals surface area contributed by atoms with Crippen molar-refractivity contribution in [1.29, 1.82) is 0 Å². The van der Waals surface area contributed by atoms with Crippen molar-refractivity contribution in [2.45, 2.75) is 52.1 Å². The van der Waals surface area contributed by atoms with E-state index >= 15 is 0 Å². The van der Waals surface area contributed by atoms with Gasteiger partial charge in [-0.1, -0.05) is 0 Å². The number of aromatic nitrogens is 2. The first-order valence-electron chi connectivity index (χ1n) is 6.96. The minimum atomic E-state index is -0.102. The van der Waals surface area contributed by atoms with E-state index in [0.29, 0.717) is 5.56 Å². The molecule has 0 aromatic carbocycles. The van der Waals surface area contributed by atoms with E-state index in [-0.39, 0.29) is 17.5 Å². The SMILES string of the molecule is Cc1c(C(=O)N[C@H]2CCCNC2)cnn1C(C)(C)C. The summed E-state index contributed by atoms with van der Waals surface area (Å²) >= 11 is 0. The number of hydrogen-bond donors (Lipinski definition) is 2. The number of carbonyl (C=O) groups excluding carboxylic acids is 1. The molecule has 5 heteroatoms. The van der Waals surface area contributed by atoms with Gasteiger partial charge in [-0.3, -0.25) is 9.48 Å². The fourth-order valence-electron chi connectivity index (χ4n) is 2.55. The van der Waals surface area contributed by atoms with Crippen LogP contribution in [0.3, 0.4) is 0 Å². The molecule has 1 aliphatic heterocycles. The van der Waals surface area contributed by atoms with Crippen LogP contribution in [0.4, 0.5) is 0 Å². The molecule has 0 bridgehead atoms. The third kappa shape index (κ3) is 3.15. The van der Waals surface area contributed by atoms with Crippen LogP contribution >= 0.6 is 0 Å². The summed E-state index contributed by atoms with van der Waals surface area (Å²) in [5.41, 5.74) is 1.50. The van der Waals surface area contributed by atoms with Crippen LogP contribution in [0.25, 0.3) is 0 Å². The molecule has 1 saturated heterocycles. The van der Waals surface area contributed by atoms with Crippen LogP contribution in [0.2, 0.25) is 0 Å². The van der Waals surface area contributed by atoms with Gasteiger partial charge in [-0.15, -0.1) is 0 Å². The van der Waals surface area contributed by atoms with E-state index in [9.17, 15) is 4.79 Å². The Labute approximate surface area is 114 Å². The number of hydrogen-bond acceptors (Lipinski definition) is 3. The molecule has 0 radical (unpaired) electrons. The quantitative estimate of drug-likeness (QED) is 0.849. The highest BCUT2D eigenvalue weighted by Gasteiger charge is 2.23. The number of piperidine rings is 1. The van der Waals surface area contributed by atoms with E-state index in [1.807, 2.05) is 11.6 Å². The number of nitrogens with one attached hydrogen (secondary N) is 2. The Morgan fingerprint density at radius 3 is 2.79 bits per heavy atom. The third-order valence-electron chi connectivity index (χ3n) is 3.52. The fraction of sp³-hybridized carbons (Fsp3) is 0.714. The standard InChI is InChI=1S/C14H24N4O/c1-10-12(9-16-18(10)14(2,3)4)13(19)17-11-6-5-7-15-8-11/h9,11,15H,5-8H2,1-4H3,(H,17,19)/t11-/m0/s1. The zero-order chi connectivity index (χ0) is 14.0. The molecule has 1 fully saturated rings. The number of carbonyl (C=O) groups is 1. The van der Waals surface area contributed by atoms with Gasteiger partial charge >= 0.3 is 0 Å². The second kappa shape index (κ2) is 5.33. The predicted molar refractivity (Wildman–Crippen MR) is 75.3 cm³/mol. The van der Waals surface area contributed by atoms with Gasteiger partial charge in [0.25, 0.3) is 5.91 Å². The average Bonchev–Trinajstić information content (AvgIpc) is 2.72. The summed E-state index contributed by atoms with van der Waals surface area (Å²) in [6, 6.07) is 0.235. The van der Waals surface area contributed by atoms with Gasteiger partial charge in [0, 0.05) is 18.3 Å². The lowest BCUT2D eigenvalue weighted by molar-refractivity contribution is 0.0930. The molecule has 1 aromatic rings. The molecular formula is C14H24N4O. The van der Waals surface area contributed by atoms with Crippen molar-refractivity contribution < 1.29 is 4.79 Å². The van der Waals surface area contributed by atoms with Gasteiger partial charge in [-0.05, 0) is 47.1 Å². The zero-order valence-electron chi connectivity index (χ0n) is 12.3. The van der Waals surface area contributed by atoms with Gasteiger partial charge in [0.1, 0.15) is 0 Å². The van der Waals surface area contributed by atoms with Gasteiger partial charge in [0.2, 0.25) is 0 Å². The lowest BCUT2D eigenvalue weighted by Crippen LogP contribution is -2.45.